The highest BCUT2D eigenvalue weighted by Gasteiger charge is 2.12. The smallest absolute Gasteiger partial charge is 0.387 e. The van der Waals surface area contributed by atoms with Crippen LogP contribution in [0.4, 0.5) is 18.9 Å². The molecule has 0 fully saturated rings. The SMILES string of the molecule is O=C(CNC(=O)c1ccccc1F)Nc1ccc(OC(F)F)cc1. The molecule has 0 atom stereocenters. The van der Waals surface area contributed by atoms with Gasteiger partial charge in [-0.15, -0.1) is 0 Å². The Morgan fingerprint density at radius 3 is 2.33 bits per heavy atom. The van der Waals surface area contributed by atoms with Crippen molar-refractivity contribution in [3.05, 3.63) is 59.9 Å². The van der Waals surface area contributed by atoms with Crippen molar-refractivity contribution in [3.8, 4) is 5.75 Å². The fourth-order valence-electron chi connectivity index (χ4n) is 1.83. The predicted octanol–water partition coefficient (Wildman–Crippen LogP) is 2.80. The van der Waals surface area contributed by atoms with E-state index in [2.05, 4.69) is 15.4 Å². The Morgan fingerprint density at radius 2 is 1.71 bits per heavy atom. The molecule has 2 aromatic rings. The van der Waals surface area contributed by atoms with E-state index in [9.17, 15) is 22.8 Å². The van der Waals surface area contributed by atoms with Crippen LogP contribution in [0.2, 0.25) is 0 Å². The van der Waals surface area contributed by atoms with Crippen molar-refractivity contribution in [2.24, 2.45) is 0 Å². The van der Waals surface area contributed by atoms with E-state index in [0.717, 1.165) is 6.07 Å². The van der Waals surface area contributed by atoms with Crippen LogP contribution >= 0.6 is 0 Å². The molecule has 0 aromatic heterocycles. The van der Waals surface area contributed by atoms with Gasteiger partial charge in [-0.2, -0.15) is 8.78 Å². The van der Waals surface area contributed by atoms with Gasteiger partial charge < -0.3 is 15.4 Å². The number of alkyl halides is 2. The molecule has 0 bridgehead atoms. The zero-order valence-corrected chi connectivity index (χ0v) is 12.3. The number of halogens is 3. The highest BCUT2D eigenvalue weighted by Crippen LogP contribution is 2.17. The fraction of sp³-hybridized carbons (Fsp3) is 0.125. The summed E-state index contributed by atoms with van der Waals surface area (Å²) in [7, 11) is 0. The minimum atomic E-state index is -2.93. The third-order valence-electron chi connectivity index (χ3n) is 2.89. The van der Waals surface area contributed by atoms with Crippen LogP contribution in [0.5, 0.6) is 5.75 Å². The van der Waals surface area contributed by atoms with E-state index in [-0.39, 0.29) is 17.9 Å². The highest BCUT2D eigenvalue weighted by atomic mass is 19.3. The molecule has 2 amide bonds. The first-order valence-corrected chi connectivity index (χ1v) is 6.83. The molecular formula is C16H13F3N2O3. The van der Waals surface area contributed by atoms with Crippen molar-refractivity contribution < 1.29 is 27.5 Å². The molecule has 126 valence electrons. The van der Waals surface area contributed by atoms with E-state index in [4.69, 9.17) is 0 Å². The Hall–Kier alpha value is -3.03. The van der Waals surface area contributed by atoms with Gasteiger partial charge in [-0.25, -0.2) is 4.39 Å². The van der Waals surface area contributed by atoms with E-state index >= 15 is 0 Å². The lowest BCUT2D eigenvalue weighted by molar-refractivity contribution is -0.115. The lowest BCUT2D eigenvalue weighted by Gasteiger charge is -2.09. The first kappa shape index (κ1) is 17.3. The van der Waals surface area contributed by atoms with Crippen LogP contribution in [0.1, 0.15) is 10.4 Å². The van der Waals surface area contributed by atoms with Crippen LogP contribution in [-0.2, 0) is 4.79 Å². The number of carbonyl (C=O) groups is 2. The van der Waals surface area contributed by atoms with Crippen LogP contribution in [0.25, 0.3) is 0 Å². The Morgan fingerprint density at radius 1 is 1.04 bits per heavy atom. The first-order chi connectivity index (χ1) is 11.5. The lowest BCUT2D eigenvalue weighted by Crippen LogP contribution is -2.33. The van der Waals surface area contributed by atoms with Crippen LogP contribution in [0, 0.1) is 5.82 Å². The number of ether oxygens (including phenoxy) is 1. The summed E-state index contributed by atoms with van der Waals surface area (Å²) < 4.78 is 41.6. The molecule has 0 saturated heterocycles. The minimum absolute atomic E-state index is 0.0455. The molecule has 0 unspecified atom stereocenters. The van der Waals surface area contributed by atoms with Gasteiger partial charge in [-0.05, 0) is 36.4 Å². The largest absolute Gasteiger partial charge is 0.435 e. The van der Waals surface area contributed by atoms with Gasteiger partial charge in [-0.1, -0.05) is 12.1 Å². The van der Waals surface area contributed by atoms with Crippen molar-refractivity contribution in [2.75, 3.05) is 11.9 Å². The predicted molar refractivity (Wildman–Crippen MR) is 80.4 cm³/mol. The Balaban J connectivity index is 1.85. The summed E-state index contributed by atoms with van der Waals surface area (Å²) in [5.74, 6) is -2.01. The molecule has 24 heavy (non-hydrogen) atoms. The Labute approximate surface area is 135 Å². The van der Waals surface area contributed by atoms with Gasteiger partial charge in [0, 0.05) is 5.69 Å². The van der Waals surface area contributed by atoms with Crippen molar-refractivity contribution in [1.82, 2.24) is 5.32 Å². The molecule has 2 rings (SSSR count). The van der Waals surface area contributed by atoms with Gasteiger partial charge in [0.1, 0.15) is 11.6 Å². The number of anilines is 1. The molecule has 0 radical (unpaired) electrons. The van der Waals surface area contributed by atoms with E-state index in [1.165, 1.54) is 42.5 Å². The number of nitrogens with one attached hydrogen (secondary N) is 2. The Kier molecular flexibility index (Phi) is 5.78. The van der Waals surface area contributed by atoms with E-state index in [0.29, 0.717) is 5.69 Å². The fourth-order valence-corrected chi connectivity index (χ4v) is 1.83. The van der Waals surface area contributed by atoms with E-state index < -0.39 is 24.2 Å². The maximum absolute atomic E-state index is 13.4. The van der Waals surface area contributed by atoms with Gasteiger partial charge in [0.05, 0.1) is 12.1 Å². The van der Waals surface area contributed by atoms with Gasteiger partial charge >= 0.3 is 6.61 Å². The van der Waals surface area contributed by atoms with Crippen LogP contribution in [-0.4, -0.2) is 25.0 Å². The Bertz CT molecular complexity index is 721. The monoisotopic (exact) mass is 338 g/mol. The molecule has 5 nitrogen and oxygen atoms in total. The molecule has 0 aliphatic rings. The van der Waals surface area contributed by atoms with Crippen molar-refractivity contribution in [3.63, 3.8) is 0 Å². The second kappa shape index (κ2) is 8.00. The number of hydrogen-bond donors (Lipinski definition) is 2. The van der Waals surface area contributed by atoms with Gasteiger partial charge in [0.25, 0.3) is 5.91 Å². The second-order valence-corrected chi connectivity index (χ2v) is 4.61. The van der Waals surface area contributed by atoms with Gasteiger partial charge in [-0.3, -0.25) is 9.59 Å². The summed E-state index contributed by atoms with van der Waals surface area (Å²) in [5, 5.41) is 4.74. The summed E-state index contributed by atoms with van der Waals surface area (Å²) in [6, 6.07) is 10.6. The minimum Gasteiger partial charge on any atom is -0.435 e. The zero-order chi connectivity index (χ0) is 17.5. The maximum atomic E-state index is 13.4. The molecule has 0 aliphatic heterocycles. The summed E-state index contributed by atoms with van der Waals surface area (Å²) in [4.78, 5) is 23.5. The standard InChI is InChI=1S/C16H13F3N2O3/c17-13-4-2-1-3-12(13)15(23)20-9-14(22)21-10-5-7-11(8-6-10)24-16(18)19/h1-8,16H,9H2,(H,20,23)(H,21,22). The van der Waals surface area contributed by atoms with Gasteiger partial charge in [0.2, 0.25) is 5.91 Å². The van der Waals surface area contributed by atoms with Crippen molar-refractivity contribution in [1.29, 1.82) is 0 Å². The highest BCUT2D eigenvalue weighted by molar-refractivity contribution is 5.99. The zero-order valence-electron chi connectivity index (χ0n) is 12.3. The molecule has 0 spiro atoms. The van der Waals surface area contributed by atoms with E-state index in [1.807, 2.05) is 0 Å². The van der Waals surface area contributed by atoms with E-state index in [1.54, 1.807) is 0 Å². The summed E-state index contributed by atoms with van der Waals surface area (Å²) in [5.41, 5.74) is 0.167. The number of benzene rings is 2. The average molecular weight is 338 g/mol. The van der Waals surface area contributed by atoms with Gasteiger partial charge in [0.15, 0.2) is 0 Å². The number of rotatable bonds is 6. The topological polar surface area (TPSA) is 67.4 Å². The van der Waals surface area contributed by atoms with Crippen LogP contribution < -0.4 is 15.4 Å². The summed E-state index contributed by atoms with van der Waals surface area (Å²) in [6.45, 7) is -3.30. The molecule has 2 aromatic carbocycles. The quantitative estimate of drug-likeness (QED) is 0.851. The summed E-state index contributed by atoms with van der Waals surface area (Å²) in [6.07, 6.45) is 0. The maximum Gasteiger partial charge on any atom is 0.387 e. The molecule has 2 N–H and O–H groups in total. The lowest BCUT2D eigenvalue weighted by atomic mass is 10.2. The normalized spacial score (nSPS) is 10.3. The van der Waals surface area contributed by atoms with Crippen LogP contribution in [0.3, 0.4) is 0 Å². The van der Waals surface area contributed by atoms with Crippen molar-refractivity contribution in [2.45, 2.75) is 6.61 Å². The number of carbonyl (C=O) groups excluding carboxylic acids is 2. The number of amides is 2. The third-order valence-corrected chi connectivity index (χ3v) is 2.89. The van der Waals surface area contributed by atoms with Crippen molar-refractivity contribution >= 4 is 17.5 Å². The molecular weight excluding hydrogens is 325 g/mol. The molecule has 0 aliphatic carbocycles. The average Bonchev–Trinajstić information content (AvgIpc) is 2.54. The number of hydrogen-bond acceptors (Lipinski definition) is 3. The molecule has 0 heterocycles. The third kappa shape index (κ3) is 5.01. The second-order valence-electron chi connectivity index (χ2n) is 4.61. The first-order valence-electron chi connectivity index (χ1n) is 6.83. The molecule has 8 heteroatoms. The summed E-state index contributed by atoms with van der Waals surface area (Å²) >= 11 is 0. The molecule has 0 saturated carbocycles. The van der Waals surface area contributed by atoms with Crippen LogP contribution in [0.15, 0.2) is 48.5 Å².